The van der Waals surface area contributed by atoms with Crippen LogP contribution in [0, 0.1) is 18.2 Å². The standard InChI is InChI=1S/C27H28FNO3/c1-17-13-14-23-21(15-17)26(32-18(2)30)27(3,4)25(29-23)20-10-6-8-12-24(20)31-16-19-9-5-7-11-22(19)28/h5-15,25-26,29H,16H2,1-4H3. The molecule has 1 aliphatic rings. The minimum absolute atomic E-state index is 0.125. The fraction of sp³-hybridized carbons (Fsp3) is 0.296. The van der Waals surface area contributed by atoms with Crippen LogP contribution in [0.15, 0.2) is 66.7 Å². The Morgan fingerprint density at radius 2 is 1.75 bits per heavy atom. The number of hydrogen-bond acceptors (Lipinski definition) is 4. The summed E-state index contributed by atoms with van der Waals surface area (Å²) in [7, 11) is 0. The average Bonchev–Trinajstić information content (AvgIpc) is 2.75. The van der Waals surface area contributed by atoms with Gasteiger partial charge in [-0.3, -0.25) is 4.79 Å². The smallest absolute Gasteiger partial charge is 0.303 e. The van der Waals surface area contributed by atoms with Crippen molar-refractivity contribution in [3.63, 3.8) is 0 Å². The van der Waals surface area contributed by atoms with Gasteiger partial charge in [0, 0.05) is 34.7 Å². The van der Waals surface area contributed by atoms with Crippen LogP contribution in [0.1, 0.15) is 55.2 Å². The molecule has 32 heavy (non-hydrogen) atoms. The third-order valence-corrected chi connectivity index (χ3v) is 6.06. The van der Waals surface area contributed by atoms with Crippen LogP contribution < -0.4 is 10.1 Å². The number of carbonyl (C=O) groups is 1. The molecular formula is C27H28FNO3. The molecular weight excluding hydrogens is 405 g/mol. The van der Waals surface area contributed by atoms with E-state index in [2.05, 4.69) is 25.2 Å². The highest BCUT2D eigenvalue weighted by Crippen LogP contribution is 2.54. The lowest BCUT2D eigenvalue weighted by Gasteiger charge is -2.46. The molecule has 0 spiro atoms. The third kappa shape index (κ3) is 4.20. The van der Waals surface area contributed by atoms with Crippen molar-refractivity contribution in [1.29, 1.82) is 0 Å². The second kappa shape index (κ2) is 8.65. The SMILES string of the molecule is CC(=O)OC1c2cc(C)ccc2NC(c2ccccc2OCc2ccccc2F)C1(C)C. The molecule has 0 amide bonds. The number of carbonyl (C=O) groups excluding carboxylic acids is 1. The fourth-order valence-corrected chi connectivity index (χ4v) is 4.41. The lowest BCUT2D eigenvalue weighted by Crippen LogP contribution is -2.40. The Hall–Kier alpha value is -3.34. The van der Waals surface area contributed by atoms with Gasteiger partial charge in [-0.05, 0) is 25.1 Å². The van der Waals surface area contributed by atoms with Gasteiger partial charge in [0.1, 0.15) is 24.3 Å². The van der Waals surface area contributed by atoms with E-state index in [0.29, 0.717) is 11.3 Å². The van der Waals surface area contributed by atoms with E-state index in [1.807, 2.05) is 43.3 Å². The normalized spacial score (nSPS) is 18.9. The van der Waals surface area contributed by atoms with Gasteiger partial charge in [0.05, 0.1) is 6.04 Å². The van der Waals surface area contributed by atoms with E-state index in [4.69, 9.17) is 9.47 Å². The maximum absolute atomic E-state index is 14.1. The topological polar surface area (TPSA) is 47.6 Å². The van der Waals surface area contributed by atoms with E-state index < -0.39 is 11.5 Å². The average molecular weight is 434 g/mol. The molecule has 3 aromatic rings. The van der Waals surface area contributed by atoms with Crippen LogP contribution in [0.2, 0.25) is 0 Å². The predicted octanol–water partition coefficient (Wildman–Crippen LogP) is 6.51. The van der Waals surface area contributed by atoms with Crippen LogP contribution in [0.3, 0.4) is 0 Å². The lowest BCUT2D eigenvalue weighted by atomic mass is 9.70. The van der Waals surface area contributed by atoms with Crippen LogP contribution in [0.25, 0.3) is 0 Å². The number of anilines is 1. The molecule has 4 nitrogen and oxygen atoms in total. The van der Waals surface area contributed by atoms with Gasteiger partial charge in [-0.1, -0.05) is 67.9 Å². The Morgan fingerprint density at radius 3 is 2.50 bits per heavy atom. The summed E-state index contributed by atoms with van der Waals surface area (Å²) in [6.07, 6.45) is -0.430. The van der Waals surface area contributed by atoms with Crippen molar-refractivity contribution >= 4 is 11.7 Å². The molecule has 1 heterocycles. The molecule has 0 saturated carbocycles. The molecule has 0 aromatic heterocycles. The van der Waals surface area contributed by atoms with E-state index >= 15 is 0 Å². The van der Waals surface area contributed by atoms with Crippen LogP contribution in [0.5, 0.6) is 5.75 Å². The van der Waals surface area contributed by atoms with Crippen molar-refractivity contribution in [1.82, 2.24) is 0 Å². The quantitative estimate of drug-likeness (QED) is 0.466. The number of benzene rings is 3. The molecule has 0 fully saturated rings. The fourth-order valence-electron chi connectivity index (χ4n) is 4.41. The molecule has 0 saturated heterocycles. The summed E-state index contributed by atoms with van der Waals surface area (Å²) in [5.74, 6) is 0.0547. The molecule has 2 atom stereocenters. The Balaban J connectivity index is 1.72. The summed E-state index contributed by atoms with van der Waals surface area (Å²) < 4.78 is 26.0. The summed E-state index contributed by atoms with van der Waals surface area (Å²) in [6.45, 7) is 7.75. The largest absolute Gasteiger partial charge is 0.488 e. The van der Waals surface area contributed by atoms with E-state index in [0.717, 1.165) is 22.4 Å². The van der Waals surface area contributed by atoms with Gasteiger partial charge in [0.15, 0.2) is 0 Å². The highest BCUT2D eigenvalue weighted by molar-refractivity contribution is 5.68. The van der Waals surface area contributed by atoms with Gasteiger partial charge in [0.25, 0.3) is 0 Å². The van der Waals surface area contributed by atoms with Crippen LogP contribution >= 0.6 is 0 Å². The Kier molecular flexibility index (Phi) is 5.92. The number of aryl methyl sites for hydroxylation is 1. The van der Waals surface area contributed by atoms with Gasteiger partial charge in [0.2, 0.25) is 0 Å². The Bertz CT molecular complexity index is 1140. The van der Waals surface area contributed by atoms with E-state index in [9.17, 15) is 9.18 Å². The Morgan fingerprint density at radius 1 is 1.03 bits per heavy atom. The number of nitrogens with one attached hydrogen (secondary N) is 1. The Labute approximate surface area is 188 Å². The zero-order valence-corrected chi connectivity index (χ0v) is 18.8. The van der Waals surface area contributed by atoms with E-state index in [1.165, 1.54) is 13.0 Å². The monoisotopic (exact) mass is 433 g/mol. The summed E-state index contributed by atoms with van der Waals surface area (Å²) >= 11 is 0. The van der Waals surface area contributed by atoms with Crippen molar-refractivity contribution in [2.75, 3.05) is 5.32 Å². The molecule has 1 N–H and O–H groups in total. The van der Waals surface area contributed by atoms with Gasteiger partial charge in [-0.15, -0.1) is 0 Å². The van der Waals surface area contributed by atoms with Crippen molar-refractivity contribution in [3.05, 3.63) is 94.8 Å². The molecule has 2 unspecified atom stereocenters. The number of esters is 1. The lowest BCUT2D eigenvalue weighted by molar-refractivity contribution is -0.154. The number of rotatable bonds is 5. The highest BCUT2D eigenvalue weighted by Gasteiger charge is 2.46. The number of halogens is 1. The van der Waals surface area contributed by atoms with Gasteiger partial charge < -0.3 is 14.8 Å². The van der Waals surface area contributed by atoms with Crippen LogP contribution in [0.4, 0.5) is 10.1 Å². The summed E-state index contributed by atoms with van der Waals surface area (Å²) in [5, 5.41) is 3.64. The first-order valence-corrected chi connectivity index (χ1v) is 10.8. The summed E-state index contributed by atoms with van der Waals surface area (Å²) in [4.78, 5) is 12.0. The zero-order valence-electron chi connectivity index (χ0n) is 18.8. The van der Waals surface area contributed by atoms with Gasteiger partial charge in [-0.25, -0.2) is 4.39 Å². The van der Waals surface area contributed by atoms with E-state index in [1.54, 1.807) is 18.2 Å². The molecule has 4 rings (SSSR count). The van der Waals surface area contributed by atoms with Crippen molar-refractivity contribution in [3.8, 4) is 5.75 Å². The number of ether oxygens (including phenoxy) is 2. The predicted molar refractivity (Wildman–Crippen MR) is 123 cm³/mol. The number of para-hydroxylation sites is 1. The van der Waals surface area contributed by atoms with E-state index in [-0.39, 0.29) is 24.4 Å². The minimum Gasteiger partial charge on any atom is -0.488 e. The summed E-state index contributed by atoms with van der Waals surface area (Å²) in [6, 6.07) is 20.3. The molecule has 166 valence electrons. The van der Waals surface area contributed by atoms with Crippen LogP contribution in [-0.4, -0.2) is 5.97 Å². The first-order chi connectivity index (χ1) is 15.3. The van der Waals surface area contributed by atoms with Crippen LogP contribution in [-0.2, 0) is 16.1 Å². The molecule has 3 aromatic carbocycles. The first kappa shape index (κ1) is 21.9. The molecule has 1 aliphatic heterocycles. The highest BCUT2D eigenvalue weighted by atomic mass is 19.1. The maximum atomic E-state index is 14.1. The zero-order chi connectivity index (χ0) is 22.9. The molecule has 0 aliphatic carbocycles. The van der Waals surface area contributed by atoms with Gasteiger partial charge in [-0.2, -0.15) is 0 Å². The maximum Gasteiger partial charge on any atom is 0.303 e. The summed E-state index contributed by atoms with van der Waals surface area (Å²) in [5.41, 5.74) is 3.94. The molecule has 5 heteroatoms. The number of fused-ring (bicyclic) bond motifs is 1. The number of hydrogen-bond donors (Lipinski definition) is 1. The first-order valence-electron chi connectivity index (χ1n) is 10.8. The molecule has 0 bridgehead atoms. The third-order valence-electron chi connectivity index (χ3n) is 6.06. The minimum atomic E-state index is -0.482. The van der Waals surface area contributed by atoms with Gasteiger partial charge >= 0.3 is 5.97 Å². The van der Waals surface area contributed by atoms with Crippen molar-refractivity contribution < 1.29 is 18.7 Å². The van der Waals surface area contributed by atoms with Crippen molar-refractivity contribution in [2.45, 2.75) is 46.4 Å². The second-order valence-electron chi connectivity index (χ2n) is 8.90. The molecule has 0 radical (unpaired) electrons. The van der Waals surface area contributed by atoms with Crippen molar-refractivity contribution in [2.24, 2.45) is 5.41 Å². The second-order valence-corrected chi connectivity index (χ2v) is 8.90.